The first-order valence-corrected chi connectivity index (χ1v) is 16.7. The molecule has 1 heterocycles. The van der Waals surface area contributed by atoms with Gasteiger partial charge in [0.2, 0.25) is 0 Å². The molecule has 236 valence electrons. The molecule has 5 rings (SSSR count). The van der Waals surface area contributed by atoms with Crippen LogP contribution in [0, 0.1) is 5.92 Å². The van der Waals surface area contributed by atoms with E-state index in [-0.39, 0.29) is 40.7 Å². The van der Waals surface area contributed by atoms with Crippen molar-refractivity contribution in [3.63, 3.8) is 0 Å². The molecule has 0 fully saturated rings. The molecule has 3 atom stereocenters. The van der Waals surface area contributed by atoms with Gasteiger partial charge in [-0.25, -0.2) is 8.42 Å². The maximum atomic E-state index is 13.8. The fourth-order valence-electron chi connectivity index (χ4n) is 5.45. The monoisotopic (exact) mass is 647 g/mol. The highest BCUT2D eigenvalue weighted by atomic mass is 35.5. The van der Waals surface area contributed by atoms with Crippen LogP contribution in [0.4, 0.5) is 5.69 Å². The highest BCUT2D eigenvalue weighted by Gasteiger charge is 2.33. The lowest BCUT2D eigenvalue weighted by molar-refractivity contribution is 0.0341. The van der Waals surface area contributed by atoms with Crippen LogP contribution < -0.4 is 9.46 Å². The minimum Gasteiger partial charge on any atom is -0.488 e. The molecule has 2 N–H and O–H groups in total. The number of hydrogen-bond acceptors (Lipinski definition) is 6. The Morgan fingerprint density at radius 2 is 1.67 bits per heavy atom. The number of benzene rings is 4. The van der Waals surface area contributed by atoms with Crippen molar-refractivity contribution in [3.8, 4) is 16.9 Å². The number of sulfonamides is 1. The lowest BCUT2D eigenvalue weighted by Crippen LogP contribution is -2.49. The minimum absolute atomic E-state index is 0.0448. The van der Waals surface area contributed by atoms with Crippen molar-refractivity contribution < 1.29 is 23.1 Å². The van der Waals surface area contributed by atoms with E-state index >= 15 is 0 Å². The van der Waals surface area contributed by atoms with E-state index in [0.717, 1.165) is 5.56 Å². The Kier molecular flexibility index (Phi) is 10.1. The van der Waals surface area contributed by atoms with Crippen LogP contribution in [0.3, 0.4) is 0 Å². The van der Waals surface area contributed by atoms with Gasteiger partial charge in [0.05, 0.1) is 23.1 Å². The fourth-order valence-corrected chi connectivity index (χ4v) is 6.62. The predicted octanol–water partition coefficient (Wildman–Crippen LogP) is 6.16. The van der Waals surface area contributed by atoms with Crippen molar-refractivity contribution in [3.05, 3.63) is 113 Å². The zero-order valence-corrected chi connectivity index (χ0v) is 27.1. The number of ether oxygens (including phenoxy) is 1. The molecule has 1 aliphatic rings. The maximum absolute atomic E-state index is 13.8. The summed E-state index contributed by atoms with van der Waals surface area (Å²) in [4.78, 5) is 17.7. The molecule has 0 bridgehead atoms. The van der Waals surface area contributed by atoms with E-state index in [2.05, 4.69) is 46.0 Å². The first-order valence-electron chi connectivity index (χ1n) is 14.9. The Morgan fingerprint density at radius 3 is 2.33 bits per heavy atom. The van der Waals surface area contributed by atoms with E-state index in [1.165, 1.54) is 41.5 Å². The Labute approximate surface area is 270 Å². The second-order valence-corrected chi connectivity index (χ2v) is 13.8. The number of rotatable bonds is 10. The minimum atomic E-state index is -3.93. The standard InChI is InChI=1S/C35H38ClN3O5S/c1-24-20-39(25(2)23-40)35(41)32-19-30(37-45(42,43)31-16-13-29(36)14-17-31)15-18-33(32)44-34(24)22-38(3)21-26-9-11-28(12-10-26)27-7-5-4-6-8-27/h4-19,24-25,34,37,40H,20-23H2,1-3H3/t24-,25+,34-/m0/s1. The number of nitrogens with zero attached hydrogens (tertiary/aromatic N) is 2. The van der Waals surface area contributed by atoms with E-state index in [4.69, 9.17) is 16.3 Å². The van der Waals surface area contributed by atoms with Crippen molar-refractivity contribution in [2.24, 2.45) is 5.92 Å². The van der Waals surface area contributed by atoms with E-state index < -0.39 is 16.1 Å². The summed E-state index contributed by atoms with van der Waals surface area (Å²) in [6.45, 7) is 5.28. The lowest BCUT2D eigenvalue weighted by atomic mass is 9.99. The van der Waals surface area contributed by atoms with Gasteiger partial charge in [-0.1, -0.05) is 73.1 Å². The third-order valence-electron chi connectivity index (χ3n) is 8.05. The number of amides is 1. The van der Waals surface area contributed by atoms with Gasteiger partial charge in [-0.05, 0) is 73.1 Å². The SMILES string of the molecule is C[C@H](CO)N1C[C@H](C)[C@H](CN(C)Cc2ccc(-c3ccccc3)cc2)Oc2ccc(NS(=O)(=O)c3ccc(Cl)cc3)cc2C1=O. The van der Waals surface area contributed by atoms with Crippen LogP contribution in [0.25, 0.3) is 11.1 Å². The van der Waals surface area contributed by atoms with Gasteiger partial charge < -0.3 is 14.7 Å². The summed E-state index contributed by atoms with van der Waals surface area (Å²) in [5.74, 6) is -0.0277. The Bertz CT molecular complexity index is 1720. The van der Waals surface area contributed by atoms with Crippen molar-refractivity contribution in [1.82, 2.24) is 9.80 Å². The summed E-state index contributed by atoms with van der Waals surface area (Å²) >= 11 is 5.93. The van der Waals surface area contributed by atoms with E-state index in [0.29, 0.717) is 30.4 Å². The number of carbonyl (C=O) groups excluding carboxylic acids is 1. The fraction of sp³-hybridized carbons (Fsp3) is 0.286. The number of anilines is 1. The van der Waals surface area contributed by atoms with Gasteiger partial charge in [-0.2, -0.15) is 0 Å². The Morgan fingerprint density at radius 1 is 1.00 bits per heavy atom. The maximum Gasteiger partial charge on any atom is 0.261 e. The highest BCUT2D eigenvalue weighted by molar-refractivity contribution is 7.92. The van der Waals surface area contributed by atoms with Crippen molar-refractivity contribution in [2.75, 3.05) is 31.5 Å². The zero-order chi connectivity index (χ0) is 32.1. The summed E-state index contributed by atoms with van der Waals surface area (Å²) in [6, 6.07) is 28.9. The Hall–Kier alpha value is -3.89. The lowest BCUT2D eigenvalue weighted by Gasteiger charge is -2.38. The summed E-state index contributed by atoms with van der Waals surface area (Å²) < 4.78 is 35.1. The first-order chi connectivity index (χ1) is 21.5. The van der Waals surface area contributed by atoms with E-state index in [9.17, 15) is 18.3 Å². The molecule has 0 aliphatic carbocycles. The quantitative estimate of drug-likeness (QED) is 0.214. The van der Waals surface area contributed by atoms with Crippen LogP contribution in [0.1, 0.15) is 29.8 Å². The summed E-state index contributed by atoms with van der Waals surface area (Å²) in [5, 5.41) is 10.4. The third kappa shape index (κ3) is 7.86. The smallest absolute Gasteiger partial charge is 0.261 e. The molecule has 0 saturated carbocycles. The molecule has 0 radical (unpaired) electrons. The van der Waals surface area contributed by atoms with Crippen LogP contribution >= 0.6 is 11.6 Å². The molecule has 0 spiro atoms. The first kappa shape index (κ1) is 32.5. The number of halogens is 1. The van der Waals surface area contributed by atoms with Gasteiger partial charge in [0.1, 0.15) is 11.9 Å². The summed E-state index contributed by atoms with van der Waals surface area (Å²) in [6.07, 6.45) is -0.282. The van der Waals surface area contributed by atoms with Gasteiger partial charge in [0.25, 0.3) is 15.9 Å². The average molecular weight is 648 g/mol. The number of carbonyl (C=O) groups is 1. The second-order valence-electron chi connectivity index (χ2n) is 11.7. The number of nitrogens with one attached hydrogen (secondary N) is 1. The molecule has 45 heavy (non-hydrogen) atoms. The van der Waals surface area contributed by atoms with Crippen LogP contribution in [0.15, 0.2) is 102 Å². The van der Waals surface area contributed by atoms with Crippen molar-refractivity contribution >= 4 is 33.2 Å². The van der Waals surface area contributed by atoms with Gasteiger partial charge in [-0.15, -0.1) is 0 Å². The molecule has 0 unspecified atom stereocenters. The third-order valence-corrected chi connectivity index (χ3v) is 9.70. The number of likely N-dealkylation sites (N-methyl/N-ethyl adjacent to an activating group) is 1. The average Bonchev–Trinajstić information content (AvgIpc) is 3.03. The van der Waals surface area contributed by atoms with Crippen LogP contribution in [-0.2, 0) is 16.6 Å². The molecule has 1 amide bonds. The zero-order valence-electron chi connectivity index (χ0n) is 25.6. The van der Waals surface area contributed by atoms with Crippen molar-refractivity contribution in [1.29, 1.82) is 0 Å². The normalized spacial score (nSPS) is 17.6. The van der Waals surface area contributed by atoms with E-state index in [1.54, 1.807) is 24.0 Å². The topological polar surface area (TPSA) is 99.2 Å². The number of fused-ring (bicyclic) bond motifs is 1. The van der Waals surface area contributed by atoms with Crippen LogP contribution in [0.2, 0.25) is 5.02 Å². The molecule has 1 aliphatic heterocycles. The molecule has 10 heteroatoms. The molecule has 8 nitrogen and oxygen atoms in total. The van der Waals surface area contributed by atoms with Gasteiger partial charge >= 0.3 is 0 Å². The van der Waals surface area contributed by atoms with Gasteiger partial charge in [0.15, 0.2) is 0 Å². The number of hydrogen-bond donors (Lipinski definition) is 2. The molecule has 0 aromatic heterocycles. The highest BCUT2D eigenvalue weighted by Crippen LogP contribution is 2.32. The Balaban J connectivity index is 1.36. The largest absolute Gasteiger partial charge is 0.488 e. The summed E-state index contributed by atoms with van der Waals surface area (Å²) in [5.41, 5.74) is 3.94. The second kappa shape index (κ2) is 14.0. The molecule has 4 aromatic carbocycles. The molecular formula is C35H38ClN3O5S. The van der Waals surface area contributed by atoms with Crippen LogP contribution in [0.5, 0.6) is 5.75 Å². The van der Waals surface area contributed by atoms with Gasteiger partial charge in [0, 0.05) is 36.3 Å². The van der Waals surface area contributed by atoms with Crippen LogP contribution in [-0.4, -0.2) is 68.1 Å². The number of aliphatic hydroxyl groups excluding tert-OH is 1. The predicted molar refractivity (Wildman–Crippen MR) is 178 cm³/mol. The number of aliphatic hydroxyl groups is 1. The summed E-state index contributed by atoms with van der Waals surface area (Å²) in [7, 11) is -1.89. The molecule has 0 saturated heterocycles. The van der Waals surface area contributed by atoms with Crippen molar-refractivity contribution in [2.45, 2.75) is 37.4 Å². The molecule has 4 aromatic rings. The molecular weight excluding hydrogens is 610 g/mol. The van der Waals surface area contributed by atoms with E-state index in [1.807, 2.05) is 32.2 Å². The van der Waals surface area contributed by atoms with Gasteiger partial charge in [-0.3, -0.25) is 14.4 Å².